The summed E-state index contributed by atoms with van der Waals surface area (Å²) in [5.41, 5.74) is 0.123. The van der Waals surface area contributed by atoms with Gasteiger partial charge in [-0.2, -0.15) is 11.8 Å². The molecular weight excluding hydrogens is 640 g/mol. The van der Waals surface area contributed by atoms with Gasteiger partial charge in [0.15, 0.2) is 0 Å². The lowest BCUT2D eigenvalue weighted by Crippen LogP contribution is -2.51. The summed E-state index contributed by atoms with van der Waals surface area (Å²) in [7, 11) is 0. The highest BCUT2D eigenvalue weighted by Gasteiger charge is 2.54. The third-order valence-corrected chi connectivity index (χ3v) is 14.4. The fraction of sp³-hybridized carbons (Fsp3) is 0.850. The third-order valence-electron chi connectivity index (χ3n) is 13.3. The summed E-state index contributed by atoms with van der Waals surface area (Å²) in [5.74, 6) is 0.186. The lowest BCUT2D eigenvalue weighted by Gasteiger charge is -2.42. The summed E-state index contributed by atoms with van der Waals surface area (Å²) in [6, 6.07) is 0. The van der Waals surface area contributed by atoms with Crippen LogP contribution in [0.25, 0.3) is 0 Å². The Morgan fingerprint density at radius 1 is 0.653 bits per heavy atom. The molecule has 276 valence electrons. The highest BCUT2D eigenvalue weighted by atomic mass is 32.2. The first-order valence-electron chi connectivity index (χ1n) is 19.2. The Labute approximate surface area is 298 Å². The first-order valence-corrected chi connectivity index (χ1v) is 20.3. The zero-order valence-electron chi connectivity index (χ0n) is 30.8. The normalized spacial score (nSPS) is 46.7. The molecule has 49 heavy (non-hydrogen) atoms. The van der Waals surface area contributed by atoms with Crippen LogP contribution in [-0.4, -0.2) is 80.5 Å². The van der Waals surface area contributed by atoms with Crippen molar-refractivity contribution >= 4 is 23.7 Å². The van der Waals surface area contributed by atoms with Crippen molar-refractivity contribution in [2.75, 3.05) is 11.5 Å². The molecule has 4 saturated heterocycles. The van der Waals surface area contributed by atoms with Crippen LogP contribution in [0.5, 0.6) is 0 Å². The molecule has 12 atom stereocenters. The number of carbonyl (C=O) groups excluding carboxylic acids is 2. The Morgan fingerprint density at radius 3 is 1.47 bits per heavy atom. The summed E-state index contributed by atoms with van der Waals surface area (Å²) in [6.07, 6.45) is 15.1. The van der Waals surface area contributed by atoms with E-state index in [1.165, 1.54) is 11.1 Å². The van der Waals surface area contributed by atoms with E-state index in [2.05, 4.69) is 39.8 Å². The van der Waals surface area contributed by atoms with Gasteiger partial charge in [-0.25, -0.2) is 0 Å². The molecule has 0 aromatic rings. The number of thioether (sulfide) groups is 1. The summed E-state index contributed by atoms with van der Waals surface area (Å²) < 4.78 is 24.5. The molecule has 0 aromatic carbocycles. The molecule has 0 radical (unpaired) electrons. The zero-order valence-corrected chi connectivity index (χ0v) is 31.7. The van der Waals surface area contributed by atoms with Gasteiger partial charge in [0.05, 0.1) is 46.4 Å². The van der Waals surface area contributed by atoms with E-state index in [0.29, 0.717) is 37.2 Å². The molecule has 4 heterocycles. The van der Waals surface area contributed by atoms with Crippen LogP contribution in [-0.2, 0) is 28.5 Å². The number of aliphatic hydroxyl groups is 2. The second-order valence-electron chi connectivity index (χ2n) is 17.5. The monoisotopic (exact) mass is 702 g/mol. The van der Waals surface area contributed by atoms with Gasteiger partial charge in [-0.05, 0) is 143 Å². The van der Waals surface area contributed by atoms with E-state index in [4.69, 9.17) is 18.9 Å². The molecule has 9 heteroatoms. The number of hydrogen-bond acceptors (Lipinski definition) is 9. The largest absolute Gasteiger partial charge is 0.459 e. The van der Waals surface area contributed by atoms with Crippen LogP contribution in [0.3, 0.4) is 0 Å². The minimum Gasteiger partial charge on any atom is -0.459 e. The smallest absolute Gasteiger partial charge is 0.310 e. The molecule has 0 aromatic heterocycles. The van der Waals surface area contributed by atoms with Gasteiger partial charge in [-0.15, -0.1) is 0 Å². The van der Waals surface area contributed by atoms with Gasteiger partial charge in [-0.3, -0.25) is 9.59 Å². The van der Waals surface area contributed by atoms with Crippen molar-refractivity contribution in [3.8, 4) is 0 Å². The highest BCUT2D eigenvalue weighted by molar-refractivity contribution is 7.99. The van der Waals surface area contributed by atoms with Crippen LogP contribution in [0, 0.1) is 23.7 Å². The first-order chi connectivity index (χ1) is 23.1. The third kappa shape index (κ3) is 8.81. The van der Waals surface area contributed by atoms with E-state index in [1.807, 2.05) is 13.8 Å². The van der Waals surface area contributed by atoms with Gasteiger partial charge in [0, 0.05) is 11.5 Å². The van der Waals surface area contributed by atoms with E-state index in [1.54, 1.807) is 11.8 Å². The van der Waals surface area contributed by atoms with E-state index in [-0.39, 0.29) is 59.0 Å². The lowest BCUT2D eigenvalue weighted by molar-refractivity contribution is -0.184. The molecule has 0 spiro atoms. The van der Waals surface area contributed by atoms with Gasteiger partial charge in [0.1, 0.15) is 12.2 Å². The molecule has 0 amide bonds. The first kappa shape index (κ1) is 37.4. The second kappa shape index (κ2) is 14.6. The molecule has 6 rings (SSSR count). The Balaban J connectivity index is 1.13. The van der Waals surface area contributed by atoms with Gasteiger partial charge in [0.25, 0.3) is 0 Å². The minimum absolute atomic E-state index is 0.0702. The van der Waals surface area contributed by atoms with Crippen LogP contribution in [0.15, 0.2) is 23.3 Å². The highest BCUT2D eigenvalue weighted by Crippen LogP contribution is 2.49. The maximum atomic E-state index is 13.7. The van der Waals surface area contributed by atoms with Crippen LogP contribution in [0.1, 0.15) is 131 Å². The van der Waals surface area contributed by atoms with Crippen LogP contribution < -0.4 is 0 Å². The van der Waals surface area contributed by atoms with Crippen LogP contribution in [0.2, 0.25) is 0 Å². The SMILES string of the molecule is CC1=CCCC(C)(O)C2CC(CCC3(C)OC3CC1)C(CSCC1C(=O)OC3CC1CCC1(C)OC1CCC(C)=CCCC3(C)O)C(=O)O2. The number of hydrogen-bond donors (Lipinski definition) is 2. The molecule has 2 N–H and O–H groups in total. The number of epoxide rings is 2. The minimum atomic E-state index is -1.10. The van der Waals surface area contributed by atoms with Crippen LogP contribution in [0.4, 0.5) is 0 Å². The van der Waals surface area contributed by atoms with Crippen molar-refractivity contribution in [1.82, 2.24) is 0 Å². The summed E-state index contributed by atoms with van der Waals surface area (Å²) in [6.45, 7) is 12.3. The molecule has 4 aliphatic heterocycles. The van der Waals surface area contributed by atoms with Crippen molar-refractivity contribution in [1.29, 1.82) is 0 Å². The lowest BCUT2D eigenvalue weighted by atomic mass is 9.76. The summed E-state index contributed by atoms with van der Waals surface area (Å²) in [5, 5.41) is 22.9. The number of fused-ring (bicyclic) bond motifs is 6. The summed E-state index contributed by atoms with van der Waals surface area (Å²) >= 11 is 1.65. The van der Waals surface area contributed by atoms with Crippen molar-refractivity contribution in [2.24, 2.45) is 23.7 Å². The Morgan fingerprint density at radius 2 is 1.06 bits per heavy atom. The zero-order chi connectivity index (χ0) is 35.2. The maximum Gasteiger partial charge on any atom is 0.310 e. The number of carbonyl (C=O) groups is 2. The van der Waals surface area contributed by atoms with E-state index in [0.717, 1.165) is 64.2 Å². The molecule has 6 aliphatic rings. The fourth-order valence-corrected chi connectivity index (χ4v) is 10.6. The number of ether oxygens (including phenoxy) is 4. The predicted molar refractivity (Wildman–Crippen MR) is 191 cm³/mol. The van der Waals surface area contributed by atoms with Gasteiger partial charge in [-0.1, -0.05) is 23.3 Å². The molecule has 12 unspecified atom stereocenters. The molecule has 2 aliphatic carbocycles. The van der Waals surface area contributed by atoms with Gasteiger partial charge >= 0.3 is 11.9 Å². The number of rotatable bonds is 4. The molecule has 8 nitrogen and oxygen atoms in total. The molecular formula is C40H62O8S. The fourth-order valence-electron chi connectivity index (χ4n) is 9.10. The van der Waals surface area contributed by atoms with E-state index < -0.39 is 23.4 Å². The van der Waals surface area contributed by atoms with Gasteiger partial charge in [0.2, 0.25) is 0 Å². The standard InChI is InChI=1S/C40H62O8S/c1-25-9-7-17-37(3,43)33-21-27(15-19-39(5)31(47-39)13-11-25)29(35(41)45-33)23-49-24-30-28-16-20-40(6)32(48-40)14-12-26(2)10-8-18-38(4,44)34(22-28)46-36(30)42/h9-10,27-34,43-44H,7-8,11-24H2,1-6H3. The van der Waals surface area contributed by atoms with Gasteiger partial charge < -0.3 is 29.2 Å². The average Bonchev–Trinajstić information content (AvgIpc) is 3.90. The molecule has 0 saturated carbocycles. The van der Waals surface area contributed by atoms with E-state index in [9.17, 15) is 19.8 Å². The number of esters is 2. The molecule has 4 fully saturated rings. The molecule has 4 bridgehead atoms. The topological polar surface area (TPSA) is 118 Å². The van der Waals surface area contributed by atoms with Crippen molar-refractivity contribution in [3.05, 3.63) is 23.3 Å². The van der Waals surface area contributed by atoms with Crippen molar-refractivity contribution in [2.45, 2.75) is 178 Å². The second-order valence-corrected chi connectivity index (χ2v) is 18.6. The predicted octanol–water partition coefficient (Wildman–Crippen LogP) is 7.23. The Hall–Kier alpha value is -1.39. The Bertz CT molecular complexity index is 1190. The van der Waals surface area contributed by atoms with E-state index >= 15 is 0 Å². The van der Waals surface area contributed by atoms with Crippen molar-refractivity contribution < 1.29 is 38.7 Å². The van der Waals surface area contributed by atoms with Crippen LogP contribution >= 0.6 is 11.8 Å². The quantitative estimate of drug-likeness (QED) is 0.178. The maximum absolute atomic E-state index is 13.7. The summed E-state index contributed by atoms with van der Waals surface area (Å²) in [4.78, 5) is 27.4. The Kier molecular flexibility index (Phi) is 11.1. The number of allylic oxidation sites excluding steroid dienone is 4. The van der Waals surface area contributed by atoms with Crippen molar-refractivity contribution in [3.63, 3.8) is 0 Å². The average molecular weight is 703 g/mol.